The summed E-state index contributed by atoms with van der Waals surface area (Å²) in [5, 5.41) is 2.67. The first-order chi connectivity index (χ1) is 11.0. The number of carbonyl (C=O) groups excluding carboxylic acids is 2. The Balaban J connectivity index is 1.75. The summed E-state index contributed by atoms with van der Waals surface area (Å²) in [6, 6.07) is 11.2. The van der Waals surface area contributed by atoms with Gasteiger partial charge in [0, 0.05) is 22.3 Å². The van der Waals surface area contributed by atoms with E-state index in [2.05, 4.69) is 21.2 Å². The topological polar surface area (TPSA) is 49.4 Å². The van der Waals surface area contributed by atoms with Crippen molar-refractivity contribution >= 4 is 39.1 Å². The zero-order valence-electron chi connectivity index (χ0n) is 12.2. The van der Waals surface area contributed by atoms with E-state index in [0.29, 0.717) is 18.5 Å². The molecule has 2 amide bonds. The van der Waals surface area contributed by atoms with Gasteiger partial charge >= 0.3 is 0 Å². The zero-order chi connectivity index (χ0) is 16.4. The molecule has 0 fully saturated rings. The largest absolute Gasteiger partial charge is 0.325 e. The molecule has 1 aliphatic rings. The Labute approximate surface area is 141 Å². The van der Waals surface area contributed by atoms with Crippen LogP contribution in [0, 0.1) is 5.82 Å². The van der Waals surface area contributed by atoms with Gasteiger partial charge in [-0.3, -0.25) is 9.59 Å². The van der Waals surface area contributed by atoms with E-state index < -0.39 is 0 Å². The molecule has 2 aromatic rings. The maximum atomic E-state index is 12.9. The van der Waals surface area contributed by atoms with E-state index in [1.54, 1.807) is 0 Å². The van der Waals surface area contributed by atoms with Crippen molar-refractivity contribution in [1.29, 1.82) is 0 Å². The second-order valence-electron chi connectivity index (χ2n) is 5.31. The first-order valence-corrected chi connectivity index (χ1v) is 7.96. The summed E-state index contributed by atoms with van der Waals surface area (Å²) in [6.07, 6.45) is 1.05. The lowest BCUT2D eigenvalue weighted by Crippen LogP contribution is -2.40. The number of hydrogen-bond donors (Lipinski definition) is 1. The lowest BCUT2D eigenvalue weighted by molar-refractivity contribution is -0.121. The summed E-state index contributed by atoms with van der Waals surface area (Å²) >= 11 is 3.41. The van der Waals surface area contributed by atoms with Gasteiger partial charge in [0.25, 0.3) is 0 Å². The van der Waals surface area contributed by atoms with Crippen LogP contribution in [0.15, 0.2) is 46.9 Å². The minimum Gasteiger partial charge on any atom is -0.325 e. The number of aryl methyl sites for hydroxylation is 1. The maximum Gasteiger partial charge on any atom is 0.244 e. The molecule has 0 saturated carbocycles. The highest BCUT2D eigenvalue weighted by Crippen LogP contribution is 2.30. The molecule has 118 valence electrons. The third-order valence-corrected chi connectivity index (χ3v) is 4.16. The fourth-order valence-corrected chi connectivity index (χ4v) is 2.99. The van der Waals surface area contributed by atoms with Crippen molar-refractivity contribution in [2.24, 2.45) is 0 Å². The molecular weight excluding hydrogens is 363 g/mol. The summed E-state index contributed by atoms with van der Waals surface area (Å²) in [5.74, 6) is -0.761. The maximum absolute atomic E-state index is 12.9. The Morgan fingerprint density at radius 2 is 1.91 bits per heavy atom. The van der Waals surface area contributed by atoms with Gasteiger partial charge in [0.05, 0.1) is 0 Å². The predicted octanol–water partition coefficient (Wildman–Crippen LogP) is 3.51. The highest BCUT2D eigenvalue weighted by molar-refractivity contribution is 9.10. The number of nitrogens with one attached hydrogen (secondary N) is 1. The molecule has 0 bridgehead atoms. The van der Waals surface area contributed by atoms with Crippen LogP contribution in [0.3, 0.4) is 0 Å². The van der Waals surface area contributed by atoms with E-state index in [0.717, 1.165) is 15.7 Å². The number of rotatable bonds is 3. The summed E-state index contributed by atoms with van der Waals surface area (Å²) in [6.45, 7) is -0.0646. The average molecular weight is 377 g/mol. The quantitative estimate of drug-likeness (QED) is 0.890. The van der Waals surface area contributed by atoms with E-state index in [1.165, 1.54) is 29.2 Å². The van der Waals surface area contributed by atoms with Gasteiger partial charge in [-0.2, -0.15) is 0 Å². The lowest BCUT2D eigenvalue weighted by atomic mass is 10.0. The Morgan fingerprint density at radius 3 is 2.65 bits per heavy atom. The van der Waals surface area contributed by atoms with Crippen molar-refractivity contribution in [1.82, 2.24) is 0 Å². The van der Waals surface area contributed by atoms with Gasteiger partial charge in [-0.15, -0.1) is 0 Å². The van der Waals surface area contributed by atoms with Crippen molar-refractivity contribution < 1.29 is 14.0 Å². The third-order valence-electron chi connectivity index (χ3n) is 3.67. The molecule has 6 heteroatoms. The molecule has 0 radical (unpaired) electrons. The molecule has 0 atom stereocenters. The Hall–Kier alpha value is -2.21. The second-order valence-corrected chi connectivity index (χ2v) is 6.22. The Morgan fingerprint density at radius 1 is 1.17 bits per heavy atom. The van der Waals surface area contributed by atoms with Gasteiger partial charge in [0.1, 0.15) is 12.4 Å². The molecule has 2 aromatic carbocycles. The molecule has 23 heavy (non-hydrogen) atoms. The van der Waals surface area contributed by atoms with Crippen molar-refractivity contribution in [3.05, 3.63) is 58.3 Å². The van der Waals surface area contributed by atoms with Crippen LogP contribution < -0.4 is 10.2 Å². The highest BCUT2D eigenvalue weighted by Gasteiger charge is 2.26. The monoisotopic (exact) mass is 376 g/mol. The summed E-state index contributed by atoms with van der Waals surface area (Å²) in [5.41, 5.74) is 2.30. The van der Waals surface area contributed by atoms with Crippen molar-refractivity contribution in [3.8, 4) is 0 Å². The number of anilines is 2. The molecule has 0 saturated heterocycles. The van der Waals surface area contributed by atoms with E-state index in [-0.39, 0.29) is 24.2 Å². The minimum atomic E-state index is -0.367. The van der Waals surface area contributed by atoms with Gasteiger partial charge in [0.2, 0.25) is 11.8 Å². The lowest BCUT2D eigenvalue weighted by Gasteiger charge is -2.29. The highest BCUT2D eigenvalue weighted by atomic mass is 79.9. The van der Waals surface area contributed by atoms with E-state index >= 15 is 0 Å². The molecule has 0 aromatic heterocycles. The smallest absolute Gasteiger partial charge is 0.244 e. The van der Waals surface area contributed by atoms with Crippen molar-refractivity contribution in [2.45, 2.75) is 12.8 Å². The first kappa shape index (κ1) is 15.7. The van der Waals surface area contributed by atoms with E-state index in [4.69, 9.17) is 0 Å². The predicted molar refractivity (Wildman–Crippen MR) is 89.8 cm³/mol. The number of fused-ring (bicyclic) bond motifs is 1. The molecule has 0 aliphatic carbocycles. The van der Waals surface area contributed by atoms with Gasteiger partial charge in [-0.25, -0.2) is 4.39 Å². The fraction of sp³-hybridized carbons (Fsp3) is 0.176. The number of halogens is 2. The number of amides is 2. The van der Waals surface area contributed by atoms with Crippen LogP contribution in [0.4, 0.5) is 15.8 Å². The summed E-state index contributed by atoms with van der Waals surface area (Å²) in [7, 11) is 0. The molecule has 1 heterocycles. The molecule has 0 spiro atoms. The molecule has 3 rings (SSSR count). The van der Waals surface area contributed by atoms with Crippen molar-refractivity contribution in [3.63, 3.8) is 0 Å². The second kappa shape index (κ2) is 6.50. The molecule has 1 aliphatic heterocycles. The van der Waals surface area contributed by atoms with Crippen LogP contribution in [0.1, 0.15) is 12.0 Å². The fourth-order valence-electron chi connectivity index (χ4n) is 2.58. The SMILES string of the molecule is O=C(CN1C(=O)CCc2cc(Br)ccc21)Nc1ccc(F)cc1. The Kier molecular flexibility index (Phi) is 4.43. The number of nitrogens with zero attached hydrogens (tertiary/aromatic N) is 1. The standard InChI is InChI=1S/C17H14BrFN2O2/c18-12-2-7-15-11(9-12)1-8-17(23)21(15)10-16(22)20-14-5-3-13(19)4-6-14/h2-7,9H,1,8,10H2,(H,20,22). The van der Waals surface area contributed by atoms with Gasteiger partial charge in [0.15, 0.2) is 0 Å². The molecular formula is C17H14BrFN2O2. The van der Waals surface area contributed by atoms with Gasteiger partial charge in [-0.05, 0) is 54.4 Å². The number of hydrogen-bond acceptors (Lipinski definition) is 2. The first-order valence-electron chi connectivity index (χ1n) is 7.17. The van der Waals surface area contributed by atoms with Gasteiger partial charge in [-0.1, -0.05) is 15.9 Å². The molecule has 0 unspecified atom stereocenters. The van der Waals surface area contributed by atoms with Crippen LogP contribution in [0.2, 0.25) is 0 Å². The molecule has 1 N–H and O–H groups in total. The summed E-state index contributed by atoms with van der Waals surface area (Å²) in [4.78, 5) is 25.8. The average Bonchev–Trinajstić information content (AvgIpc) is 2.52. The minimum absolute atomic E-state index is 0.0646. The third kappa shape index (κ3) is 3.59. The number of benzene rings is 2. The van der Waals surface area contributed by atoms with Crippen LogP contribution in [0.25, 0.3) is 0 Å². The zero-order valence-corrected chi connectivity index (χ0v) is 13.8. The number of carbonyl (C=O) groups is 2. The Bertz CT molecular complexity index is 762. The molecule has 4 nitrogen and oxygen atoms in total. The van der Waals surface area contributed by atoms with Crippen LogP contribution >= 0.6 is 15.9 Å². The van der Waals surface area contributed by atoms with Gasteiger partial charge < -0.3 is 10.2 Å². The van der Waals surface area contributed by atoms with Crippen LogP contribution in [-0.4, -0.2) is 18.4 Å². The van der Waals surface area contributed by atoms with E-state index in [9.17, 15) is 14.0 Å². The van der Waals surface area contributed by atoms with Crippen LogP contribution in [0.5, 0.6) is 0 Å². The summed E-state index contributed by atoms with van der Waals surface area (Å²) < 4.78 is 13.8. The van der Waals surface area contributed by atoms with Crippen LogP contribution in [-0.2, 0) is 16.0 Å². The van der Waals surface area contributed by atoms with Crippen molar-refractivity contribution in [2.75, 3.05) is 16.8 Å². The van der Waals surface area contributed by atoms with E-state index in [1.807, 2.05) is 18.2 Å². The normalized spacial score (nSPS) is 13.7.